The third kappa shape index (κ3) is 3.65. The zero-order valence-corrected chi connectivity index (χ0v) is 10.1. The molecule has 0 heterocycles. The van der Waals surface area contributed by atoms with Crippen molar-refractivity contribution in [3.63, 3.8) is 0 Å². The zero-order valence-electron chi connectivity index (χ0n) is 7.13. The van der Waals surface area contributed by atoms with Crippen molar-refractivity contribution in [1.82, 2.24) is 0 Å². The van der Waals surface area contributed by atoms with E-state index in [0.717, 1.165) is 5.75 Å². The third-order valence-corrected chi connectivity index (χ3v) is 1.23. The average molecular weight is 241 g/mol. The van der Waals surface area contributed by atoms with Gasteiger partial charge in [0.1, 0.15) is 0 Å². The van der Waals surface area contributed by atoms with Crippen molar-refractivity contribution >= 4 is 23.1 Å². The van der Waals surface area contributed by atoms with Crippen LogP contribution in [0.15, 0.2) is 18.2 Å². The van der Waals surface area contributed by atoms with Gasteiger partial charge in [0.15, 0.2) is 0 Å². The molecule has 0 unspecified atom stereocenters. The van der Waals surface area contributed by atoms with Crippen LogP contribution in [0.2, 0.25) is 0 Å². The number of benzene rings is 1. The Bertz CT molecular complexity index is 195. The van der Waals surface area contributed by atoms with E-state index < -0.39 is 0 Å². The van der Waals surface area contributed by atoms with E-state index in [9.17, 15) is 0 Å². The van der Waals surface area contributed by atoms with E-state index in [1.165, 1.54) is 0 Å². The molecule has 0 atom stereocenters. The van der Waals surface area contributed by atoms with Crippen molar-refractivity contribution in [2.75, 3.05) is 14.2 Å². The normalized spacial score (nSPS) is 7.50. The summed E-state index contributed by atoms with van der Waals surface area (Å²) in [7, 11) is 3.21. The van der Waals surface area contributed by atoms with Crippen LogP contribution in [0.25, 0.3) is 0 Å². The summed E-state index contributed by atoms with van der Waals surface area (Å²) in [4.78, 5) is 0. The largest absolute Gasteiger partial charge is 2.00 e. The van der Waals surface area contributed by atoms with Crippen LogP contribution < -0.4 is 26.5 Å². The van der Waals surface area contributed by atoms with E-state index in [0.29, 0.717) is 5.75 Å². The Balaban J connectivity index is 0. The van der Waals surface area contributed by atoms with E-state index in [1.807, 2.05) is 0 Å². The molecule has 0 bridgehead atoms. The minimum atomic E-state index is 0. The van der Waals surface area contributed by atoms with Crippen molar-refractivity contribution < 1.29 is 26.5 Å². The Morgan fingerprint density at radius 2 is 1.75 bits per heavy atom. The predicted molar refractivity (Wildman–Crippen MR) is 44.1 cm³/mol. The summed E-state index contributed by atoms with van der Waals surface area (Å²) in [5, 5.41) is 0. The Hall–Kier alpha value is 0.0662. The molecule has 0 aliphatic heterocycles. The number of hydrogen-bond acceptors (Lipinski definition) is 2. The Labute approximate surface area is 99.2 Å². The van der Waals surface area contributed by atoms with Gasteiger partial charge in [-0.3, -0.25) is 0 Å². The molecule has 12 heavy (non-hydrogen) atoms. The molecule has 1 aromatic rings. The van der Waals surface area contributed by atoms with Gasteiger partial charge >= 0.3 is 23.1 Å². The second kappa shape index (κ2) is 7.70. The first kappa shape index (κ1) is 14.6. The Kier molecular flexibility index (Phi) is 9.36. The molecular weight excluding hydrogens is 232 g/mol. The number of halogens is 1. The molecule has 0 saturated carbocycles. The molecule has 2 nitrogen and oxygen atoms in total. The van der Waals surface area contributed by atoms with Crippen LogP contribution in [0.4, 0.5) is 0 Å². The maximum atomic E-state index is 4.99. The molecule has 0 aliphatic carbocycles. The van der Waals surface area contributed by atoms with Crippen molar-refractivity contribution in [2.24, 2.45) is 0 Å². The molecule has 4 heteroatoms. The van der Waals surface area contributed by atoms with E-state index in [2.05, 4.69) is 6.07 Å². The summed E-state index contributed by atoms with van der Waals surface area (Å²) >= 11 is 0. The fourth-order valence-electron chi connectivity index (χ4n) is 0.729. The van der Waals surface area contributed by atoms with Crippen molar-refractivity contribution in [3.8, 4) is 11.5 Å². The van der Waals surface area contributed by atoms with Crippen molar-refractivity contribution in [2.45, 2.75) is 0 Å². The van der Waals surface area contributed by atoms with Gasteiger partial charge < -0.3 is 26.5 Å². The first-order valence-corrected chi connectivity index (χ1v) is 2.96. The van der Waals surface area contributed by atoms with Gasteiger partial charge in [-0.2, -0.15) is 12.1 Å². The van der Waals surface area contributed by atoms with Gasteiger partial charge in [0, 0.05) is 5.75 Å². The number of rotatable bonds is 2. The molecular formula is C8H9BrMgO2. The van der Waals surface area contributed by atoms with Crippen LogP contribution in [-0.4, -0.2) is 37.3 Å². The summed E-state index contributed by atoms with van der Waals surface area (Å²) in [6.45, 7) is 0. The van der Waals surface area contributed by atoms with Crippen molar-refractivity contribution in [1.29, 1.82) is 0 Å². The summed E-state index contributed by atoms with van der Waals surface area (Å²) in [5.74, 6) is 1.45. The SMILES string of the molecule is COc1c[c-]ccc1OC.[Br-].[Mg+2]. The first-order valence-electron chi connectivity index (χ1n) is 2.96. The summed E-state index contributed by atoms with van der Waals surface area (Å²) < 4.78 is 9.97. The number of hydrogen-bond donors (Lipinski definition) is 0. The third-order valence-electron chi connectivity index (χ3n) is 1.23. The molecule has 0 spiro atoms. The van der Waals surface area contributed by atoms with Gasteiger partial charge in [-0.1, -0.05) is 0 Å². The molecule has 0 saturated heterocycles. The Morgan fingerprint density at radius 1 is 1.17 bits per heavy atom. The van der Waals surface area contributed by atoms with Crippen LogP contribution in [0.5, 0.6) is 11.5 Å². The topological polar surface area (TPSA) is 18.5 Å². The minimum absolute atomic E-state index is 0. The summed E-state index contributed by atoms with van der Waals surface area (Å²) in [6, 6.07) is 8.20. The second-order valence-electron chi connectivity index (χ2n) is 1.78. The Morgan fingerprint density at radius 3 is 2.17 bits per heavy atom. The quantitative estimate of drug-likeness (QED) is 0.446. The van der Waals surface area contributed by atoms with Crippen molar-refractivity contribution in [3.05, 3.63) is 24.3 Å². The molecule has 0 amide bonds. The van der Waals surface area contributed by atoms with Crippen LogP contribution in [-0.2, 0) is 0 Å². The maximum absolute atomic E-state index is 4.99. The standard InChI is InChI=1S/C8H9O2.BrH.Mg/c1-9-7-5-3-4-6-8(7)10-2;;/h3,5-6H,1-2H3;1H;/q-1;;+2/p-1. The smallest absolute Gasteiger partial charge is 1.00 e. The first-order chi connectivity index (χ1) is 4.88. The number of methoxy groups -OCH3 is 2. The van der Waals surface area contributed by atoms with E-state index in [4.69, 9.17) is 9.47 Å². The molecule has 0 aromatic heterocycles. The van der Waals surface area contributed by atoms with Crippen LogP contribution in [0.3, 0.4) is 0 Å². The monoisotopic (exact) mass is 240 g/mol. The van der Waals surface area contributed by atoms with Crippen LogP contribution >= 0.6 is 0 Å². The predicted octanol–water partition coefficient (Wildman–Crippen LogP) is -1.87. The van der Waals surface area contributed by atoms with Gasteiger partial charge in [-0.25, -0.2) is 0 Å². The zero-order chi connectivity index (χ0) is 7.40. The fraction of sp³-hybridized carbons (Fsp3) is 0.250. The van der Waals surface area contributed by atoms with Gasteiger partial charge in [0.25, 0.3) is 0 Å². The van der Waals surface area contributed by atoms with E-state index in [-0.39, 0.29) is 40.0 Å². The molecule has 1 aromatic carbocycles. The van der Waals surface area contributed by atoms with Crippen LogP contribution in [0.1, 0.15) is 0 Å². The van der Waals surface area contributed by atoms with Gasteiger partial charge in [-0.05, 0) is 0 Å². The molecule has 0 fully saturated rings. The summed E-state index contributed by atoms with van der Waals surface area (Å²) in [5.41, 5.74) is 0. The van der Waals surface area contributed by atoms with Gasteiger partial charge in [-0.15, -0.1) is 12.1 Å². The number of ether oxygens (including phenoxy) is 2. The minimum Gasteiger partial charge on any atom is -1.00 e. The van der Waals surface area contributed by atoms with Gasteiger partial charge in [0.2, 0.25) is 0 Å². The average Bonchev–Trinajstić information content (AvgIpc) is 2.04. The second-order valence-corrected chi connectivity index (χ2v) is 1.78. The van der Waals surface area contributed by atoms with Crippen LogP contribution in [0, 0.1) is 6.07 Å². The molecule has 0 aliphatic rings. The van der Waals surface area contributed by atoms with Gasteiger partial charge in [0.05, 0.1) is 20.0 Å². The van der Waals surface area contributed by atoms with E-state index in [1.54, 1.807) is 32.4 Å². The molecule has 0 radical (unpaired) electrons. The molecule has 1 rings (SSSR count). The summed E-state index contributed by atoms with van der Waals surface area (Å²) in [6.07, 6.45) is 0. The molecule has 62 valence electrons. The fourth-order valence-corrected chi connectivity index (χ4v) is 0.729. The molecule has 0 N–H and O–H groups in total. The van der Waals surface area contributed by atoms with E-state index >= 15 is 0 Å². The maximum Gasteiger partial charge on any atom is 2.00 e.